The SMILES string of the molecule is Cn1c(=O)c2cn(N=Cc3cccc([N+](=O)[O-])c3)cc2n(C)c1=O. The van der Waals surface area contributed by atoms with Crippen LogP contribution in [0.5, 0.6) is 0 Å². The zero-order valence-corrected chi connectivity index (χ0v) is 12.9. The lowest BCUT2D eigenvalue weighted by Crippen LogP contribution is -2.36. The smallest absolute Gasteiger partial charge is 0.295 e. The van der Waals surface area contributed by atoms with Gasteiger partial charge < -0.3 is 0 Å². The van der Waals surface area contributed by atoms with E-state index in [4.69, 9.17) is 0 Å². The summed E-state index contributed by atoms with van der Waals surface area (Å²) in [6.07, 6.45) is 4.49. The minimum Gasteiger partial charge on any atom is -0.295 e. The normalized spacial score (nSPS) is 11.4. The average Bonchev–Trinajstić information content (AvgIpc) is 3.01. The standard InChI is InChI=1S/C15H13N5O4/c1-17-13-9-19(8-12(13)14(21)18(2)15(17)22)16-7-10-4-3-5-11(6-10)20(23)24/h3-9H,1-2H3. The zero-order chi connectivity index (χ0) is 17.4. The first-order valence-electron chi connectivity index (χ1n) is 6.95. The van der Waals surface area contributed by atoms with Crippen LogP contribution in [0.4, 0.5) is 5.69 Å². The summed E-state index contributed by atoms with van der Waals surface area (Å²) in [5.74, 6) is 0. The Labute approximate surface area is 134 Å². The van der Waals surface area contributed by atoms with Gasteiger partial charge in [-0.1, -0.05) is 12.1 Å². The van der Waals surface area contributed by atoms with Gasteiger partial charge in [-0.15, -0.1) is 0 Å². The molecule has 0 aliphatic heterocycles. The molecule has 0 aliphatic carbocycles. The van der Waals surface area contributed by atoms with Crippen molar-refractivity contribution in [3.05, 3.63) is 73.2 Å². The molecule has 3 aromatic rings. The zero-order valence-electron chi connectivity index (χ0n) is 12.9. The summed E-state index contributed by atoms with van der Waals surface area (Å²) >= 11 is 0. The van der Waals surface area contributed by atoms with E-state index >= 15 is 0 Å². The molecule has 3 rings (SSSR count). The Morgan fingerprint density at radius 1 is 1.17 bits per heavy atom. The van der Waals surface area contributed by atoms with E-state index in [-0.39, 0.29) is 5.69 Å². The van der Waals surface area contributed by atoms with E-state index in [0.29, 0.717) is 16.5 Å². The third-order valence-corrected chi connectivity index (χ3v) is 3.68. The van der Waals surface area contributed by atoms with Crippen LogP contribution in [0.3, 0.4) is 0 Å². The van der Waals surface area contributed by atoms with Gasteiger partial charge in [0, 0.05) is 38.0 Å². The molecule has 0 aliphatic rings. The van der Waals surface area contributed by atoms with Crippen LogP contribution in [0.2, 0.25) is 0 Å². The summed E-state index contributed by atoms with van der Waals surface area (Å²) < 4.78 is 3.78. The lowest BCUT2D eigenvalue weighted by Gasteiger charge is -2.01. The highest BCUT2D eigenvalue weighted by Gasteiger charge is 2.10. The number of nitro benzene ring substituents is 1. The van der Waals surface area contributed by atoms with Crippen molar-refractivity contribution in [2.75, 3.05) is 0 Å². The highest BCUT2D eigenvalue weighted by atomic mass is 16.6. The number of hydrogen-bond acceptors (Lipinski definition) is 5. The van der Waals surface area contributed by atoms with E-state index in [1.807, 2.05) is 0 Å². The van der Waals surface area contributed by atoms with Crippen LogP contribution in [-0.4, -0.2) is 24.9 Å². The van der Waals surface area contributed by atoms with Crippen LogP contribution in [0.25, 0.3) is 10.9 Å². The molecule has 0 atom stereocenters. The van der Waals surface area contributed by atoms with Gasteiger partial charge in [0.1, 0.15) is 0 Å². The molecule has 0 radical (unpaired) electrons. The fourth-order valence-electron chi connectivity index (χ4n) is 2.38. The van der Waals surface area contributed by atoms with E-state index in [9.17, 15) is 19.7 Å². The number of fused-ring (bicyclic) bond motifs is 1. The van der Waals surface area contributed by atoms with Gasteiger partial charge in [-0.2, -0.15) is 5.10 Å². The first kappa shape index (κ1) is 15.4. The molecule has 1 aromatic carbocycles. The highest BCUT2D eigenvalue weighted by molar-refractivity contribution is 5.81. The molecule has 0 saturated heterocycles. The minimum absolute atomic E-state index is 0.0344. The van der Waals surface area contributed by atoms with Crippen LogP contribution >= 0.6 is 0 Å². The van der Waals surface area contributed by atoms with Gasteiger partial charge in [-0.05, 0) is 0 Å². The van der Waals surface area contributed by atoms with Crippen molar-refractivity contribution in [1.82, 2.24) is 13.8 Å². The summed E-state index contributed by atoms with van der Waals surface area (Å²) in [5.41, 5.74) is 0.140. The number of aromatic nitrogens is 3. The van der Waals surface area contributed by atoms with Crippen molar-refractivity contribution in [1.29, 1.82) is 0 Å². The highest BCUT2D eigenvalue weighted by Crippen LogP contribution is 2.12. The molecule has 24 heavy (non-hydrogen) atoms. The topological polar surface area (TPSA) is 104 Å². The second kappa shape index (κ2) is 5.61. The molecule has 0 N–H and O–H groups in total. The number of rotatable bonds is 3. The fourth-order valence-corrected chi connectivity index (χ4v) is 2.38. The summed E-state index contributed by atoms with van der Waals surface area (Å²) in [4.78, 5) is 34.3. The molecule has 122 valence electrons. The Morgan fingerprint density at radius 2 is 1.92 bits per heavy atom. The fraction of sp³-hybridized carbons (Fsp3) is 0.133. The quantitative estimate of drug-likeness (QED) is 0.403. The Balaban J connectivity index is 2.05. The lowest BCUT2D eigenvalue weighted by molar-refractivity contribution is -0.384. The van der Waals surface area contributed by atoms with Gasteiger partial charge in [-0.3, -0.25) is 24.0 Å². The maximum atomic E-state index is 12.1. The summed E-state index contributed by atoms with van der Waals surface area (Å²) in [5, 5.41) is 15.3. The molecule has 0 amide bonds. The number of benzene rings is 1. The predicted octanol–water partition coefficient (Wildman–Crippen LogP) is 0.829. The van der Waals surface area contributed by atoms with Crippen molar-refractivity contribution >= 4 is 22.8 Å². The second-order valence-corrected chi connectivity index (χ2v) is 5.24. The van der Waals surface area contributed by atoms with E-state index in [1.165, 1.54) is 40.8 Å². The maximum Gasteiger partial charge on any atom is 0.330 e. The number of nitro groups is 1. The van der Waals surface area contributed by atoms with Crippen molar-refractivity contribution in [3.8, 4) is 0 Å². The molecule has 9 heteroatoms. The van der Waals surface area contributed by atoms with Crippen LogP contribution in [0.1, 0.15) is 5.56 Å². The Bertz CT molecular complexity index is 1100. The molecule has 0 bridgehead atoms. The second-order valence-electron chi connectivity index (χ2n) is 5.24. The van der Waals surface area contributed by atoms with Crippen LogP contribution in [-0.2, 0) is 14.1 Å². The third kappa shape index (κ3) is 2.51. The van der Waals surface area contributed by atoms with Gasteiger partial charge in [0.15, 0.2) is 0 Å². The van der Waals surface area contributed by atoms with Gasteiger partial charge >= 0.3 is 5.69 Å². The van der Waals surface area contributed by atoms with E-state index in [2.05, 4.69) is 5.10 Å². The van der Waals surface area contributed by atoms with Gasteiger partial charge in [0.25, 0.3) is 11.2 Å². The summed E-state index contributed by atoms with van der Waals surface area (Å²) in [6.45, 7) is 0. The van der Waals surface area contributed by atoms with E-state index < -0.39 is 16.2 Å². The van der Waals surface area contributed by atoms with E-state index in [0.717, 1.165) is 4.57 Å². The Morgan fingerprint density at radius 3 is 2.62 bits per heavy atom. The molecule has 0 unspecified atom stereocenters. The first-order chi connectivity index (χ1) is 11.4. The average molecular weight is 327 g/mol. The lowest BCUT2D eigenvalue weighted by atomic mass is 10.2. The van der Waals surface area contributed by atoms with Crippen molar-refractivity contribution in [2.24, 2.45) is 19.2 Å². The van der Waals surface area contributed by atoms with Crippen molar-refractivity contribution in [2.45, 2.75) is 0 Å². The van der Waals surface area contributed by atoms with Gasteiger partial charge in [0.2, 0.25) is 0 Å². The van der Waals surface area contributed by atoms with Crippen molar-refractivity contribution < 1.29 is 4.92 Å². The van der Waals surface area contributed by atoms with Crippen LogP contribution in [0.15, 0.2) is 51.3 Å². The Kier molecular flexibility index (Phi) is 3.60. The number of aryl methyl sites for hydroxylation is 1. The molecule has 2 aromatic heterocycles. The summed E-state index contributed by atoms with van der Waals surface area (Å²) in [6, 6.07) is 6.02. The maximum absolute atomic E-state index is 12.1. The van der Waals surface area contributed by atoms with Crippen LogP contribution < -0.4 is 11.2 Å². The molecule has 0 spiro atoms. The first-order valence-corrected chi connectivity index (χ1v) is 6.95. The van der Waals surface area contributed by atoms with E-state index in [1.54, 1.807) is 25.4 Å². The number of nitrogens with zero attached hydrogens (tertiary/aromatic N) is 5. The molecule has 2 heterocycles. The number of non-ortho nitro benzene ring substituents is 1. The molecular formula is C15H13N5O4. The predicted molar refractivity (Wildman–Crippen MR) is 88.5 cm³/mol. The molecular weight excluding hydrogens is 314 g/mol. The largest absolute Gasteiger partial charge is 0.330 e. The van der Waals surface area contributed by atoms with Gasteiger partial charge in [-0.25, -0.2) is 9.47 Å². The Hall–Kier alpha value is -3.49. The van der Waals surface area contributed by atoms with Gasteiger partial charge in [0.05, 0.1) is 28.2 Å². The monoisotopic (exact) mass is 327 g/mol. The van der Waals surface area contributed by atoms with Crippen molar-refractivity contribution in [3.63, 3.8) is 0 Å². The van der Waals surface area contributed by atoms with Crippen LogP contribution in [0, 0.1) is 10.1 Å². The minimum atomic E-state index is -0.485. The number of hydrogen-bond donors (Lipinski definition) is 0. The molecule has 0 fully saturated rings. The summed E-state index contributed by atoms with van der Waals surface area (Å²) in [7, 11) is 2.98. The third-order valence-electron chi connectivity index (χ3n) is 3.68. The molecule has 0 saturated carbocycles. The molecule has 9 nitrogen and oxygen atoms in total.